The van der Waals surface area contributed by atoms with Gasteiger partial charge in [-0.3, -0.25) is 14.5 Å². The van der Waals surface area contributed by atoms with Gasteiger partial charge in [-0.15, -0.1) is 0 Å². The summed E-state index contributed by atoms with van der Waals surface area (Å²) >= 11 is 0. The van der Waals surface area contributed by atoms with E-state index in [2.05, 4.69) is 0 Å². The van der Waals surface area contributed by atoms with Gasteiger partial charge in [-0.25, -0.2) is 0 Å². The summed E-state index contributed by atoms with van der Waals surface area (Å²) in [6.45, 7) is 5.54. The summed E-state index contributed by atoms with van der Waals surface area (Å²) in [5.74, 6) is -1.31. The van der Waals surface area contributed by atoms with E-state index >= 15 is 0 Å². The molecule has 0 saturated carbocycles. The number of methoxy groups -OCH3 is 1. The van der Waals surface area contributed by atoms with E-state index in [9.17, 15) is 27.9 Å². The molecule has 1 N–H and O–H groups in total. The number of aliphatic hydroxyl groups excluding tert-OH is 1. The number of Topliss-reactive ketones (excluding diaryl/α,β-unsaturated/α-hetero) is 1. The standard InChI is InChI=1S/C29H26F3NO5/c1-16(2)38-23-13-8-19(14-17(23)3)26(34)24-25(18-6-5-7-22(15-18)37-4)33(28(36)27(24)35)21-11-9-20(10-12-21)29(30,31)32/h5-16,25,34H,1-4H3/b26-24+. The maximum Gasteiger partial charge on any atom is 0.416 e. The van der Waals surface area contributed by atoms with E-state index in [4.69, 9.17) is 9.47 Å². The molecular weight excluding hydrogens is 499 g/mol. The van der Waals surface area contributed by atoms with Crippen molar-refractivity contribution in [1.82, 2.24) is 0 Å². The number of hydrogen-bond acceptors (Lipinski definition) is 5. The number of aliphatic hydroxyl groups is 1. The topological polar surface area (TPSA) is 76.1 Å². The van der Waals surface area contributed by atoms with Gasteiger partial charge in [0.1, 0.15) is 17.3 Å². The van der Waals surface area contributed by atoms with Crippen LogP contribution in [-0.2, 0) is 15.8 Å². The average Bonchev–Trinajstić information content (AvgIpc) is 3.14. The van der Waals surface area contributed by atoms with Crippen molar-refractivity contribution < 1.29 is 37.3 Å². The van der Waals surface area contributed by atoms with Crippen LogP contribution in [0.15, 0.2) is 72.3 Å². The average molecular weight is 526 g/mol. The highest BCUT2D eigenvalue weighted by Crippen LogP contribution is 2.43. The van der Waals surface area contributed by atoms with Crippen molar-refractivity contribution in [2.45, 2.75) is 39.1 Å². The van der Waals surface area contributed by atoms with E-state index in [1.54, 1.807) is 49.4 Å². The molecule has 4 rings (SSSR count). The minimum absolute atomic E-state index is 0.0730. The Morgan fingerprint density at radius 3 is 2.26 bits per heavy atom. The fraction of sp³-hybridized carbons (Fsp3) is 0.241. The Kier molecular flexibility index (Phi) is 7.22. The van der Waals surface area contributed by atoms with Crippen molar-refractivity contribution in [1.29, 1.82) is 0 Å². The normalized spacial score (nSPS) is 17.3. The van der Waals surface area contributed by atoms with Gasteiger partial charge in [0.15, 0.2) is 0 Å². The first-order chi connectivity index (χ1) is 17.9. The molecular formula is C29H26F3NO5. The third-order valence-corrected chi connectivity index (χ3v) is 6.14. The van der Waals surface area contributed by atoms with E-state index in [1.807, 2.05) is 13.8 Å². The molecule has 1 heterocycles. The molecule has 1 fully saturated rings. The quantitative estimate of drug-likeness (QED) is 0.228. The molecule has 38 heavy (non-hydrogen) atoms. The maximum atomic E-state index is 13.3. The lowest BCUT2D eigenvalue weighted by Gasteiger charge is -2.26. The van der Waals surface area contributed by atoms with Crippen molar-refractivity contribution >= 4 is 23.1 Å². The molecule has 0 aliphatic carbocycles. The van der Waals surface area contributed by atoms with Gasteiger partial charge in [-0.2, -0.15) is 13.2 Å². The van der Waals surface area contributed by atoms with E-state index < -0.39 is 35.2 Å². The van der Waals surface area contributed by atoms with Crippen molar-refractivity contribution in [2.24, 2.45) is 0 Å². The lowest BCUT2D eigenvalue weighted by molar-refractivity contribution is -0.137. The highest BCUT2D eigenvalue weighted by atomic mass is 19.4. The zero-order valence-corrected chi connectivity index (χ0v) is 21.2. The van der Waals surface area contributed by atoms with Crippen LogP contribution in [0.5, 0.6) is 11.5 Å². The zero-order chi connectivity index (χ0) is 27.8. The minimum Gasteiger partial charge on any atom is -0.507 e. The molecule has 3 aromatic carbocycles. The lowest BCUT2D eigenvalue weighted by atomic mass is 9.94. The summed E-state index contributed by atoms with van der Waals surface area (Å²) < 4.78 is 50.5. The second-order valence-electron chi connectivity index (χ2n) is 9.14. The molecule has 9 heteroatoms. The van der Waals surface area contributed by atoms with Gasteiger partial charge in [0.25, 0.3) is 11.7 Å². The Balaban J connectivity index is 1.89. The van der Waals surface area contributed by atoms with Crippen LogP contribution < -0.4 is 14.4 Å². The first-order valence-electron chi connectivity index (χ1n) is 11.8. The monoisotopic (exact) mass is 525 g/mol. The molecule has 0 spiro atoms. The Morgan fingerprint density at radius 2 is 1.68 bits per heavy atom. The van der Waals surface area contributed by atoms with Crippen molar-refractivity contribution in [2.75, 3.05) is 12.0 Å². The molecule has 1 aliphatic heterocycles. The summed E-state index contributed by atoms with van der Waals surface area (Å²) in [5, 5.41) is 11.3. The predicted molar refractivity (Wildman–Crippen MR) is 136 cm³/mol. The Morgan fingerprint density at radius 1 is 1.00 bits per heavy atom. The molecule has 1 atom stereocenters. The van der Waals surface area contributed by atoms with E-state index in [0.29, 0.717) is 22.6 Å². The second kappa shape index (κ2) is 10.2. The fourth-order valence-electron chi connectivity index (χ4n) is 4.38. The molecule has 3 aromatic rings. The van der Waals surface area contributed by atoms with Crippen molar-refractivity contribution in [3.05, 3.63) is 94.6 Å². The number of alkyl halides is 3. The number of aryl methyl sites for hydroxylation is 1. The number of halogens is 3. The Hall–Kier alpha value is -4.27. The van der Waals surface area contributed by atoms with Crippen LogP contribution >= 0.6 is 0 Å². The fourth-order valence-corrected chi connectivity index (χ4v) is 4.38. The Labute approximate surface area is 217 Å². The largest absolute Gasteiger partial charge is 0.507 e. The number of nitrogens with zero attached hydrogens (tertiary/aromatic N) is 1. The molecule has 1 amide bonds. The molecule has 1 aliphatic rings. The third kappa shape index (κ3) is 5.09. The van der Waals surface area contributed by atoms with Crippen LogP contribution in [0.2, 0.25) is 0 Å². The number of ketones is 1. The number of ether oxygens (including phenoxy) is 2. The molecule has 0 aromatic heterocycles. The summed E-state index contributed by atoms with van der Waals surface area (Å²) in [4.78, 5) is 27.7. The summed E-state index contributed by atoms with van der Waals surface area (Å²) in [7, 11) is 1.45. The summed E-state index contributed by atoms with van der Waals surface area (Å²) in [5.41, 5.74) is 0.412. The third-order valence-electron chi connectivity index (χ3n) is 6.14. The highest BCUT2D eigenvalue weighted by molar-refractivity contribution is 6.51. The lowest BCUT2D eigenvalue weighted by Crippen LogP contribution is -2.29. The first kappa shape index (κ1) is 26.8. The van der Waals surface area contributed by atoms with Crippen LogP contribution in [0, 0.1) is 6.92 Å². The summed E-state index contributed by atoms with van der Waals surface area (Å²) in [6, 6.07) is 14.3. The van der Waals surface area contributed by atoms with Crippen LogP contribution in [0.1, 0.15) is 42.1 Å². The second-order valence-corrected chi connectivity index (χ2v) is 9.14. The van der Waals surface area contributed by atoms with Gasteiger partial charge in [0, 0.05) is 11.3 Å². The molecule has 198 valence electrons. The van der Waals surface area contributed by atoms with Crippen molar-refractivity contribution in [3.63, 3.8) is 0 Å². The van der Waals surface area contributed by atoms with Crippen LogP contribution in [0.4, 0.5) is 18.9 Å². The van der Waals surface area contributed by atoms with Crippen LogP contribution in [-0.4, -0.2) is 30.0 Å². The highest BCUT2D eigenvalue weighted by Gasteiger charge is 2.47. The maximum absolute atomic E-state index is 13.3. The van der Waals surface area contributed by atoms with Gasteiger partial charge in [0.2, 0.25) is 0 Å². The SMILES string of the molecule is COc1cccc(C2/C(=C(\O)c3ccc(OC(C)C)c(C)c3)C(=O)C(=O)N2c2ccc(C(F)(F)F)cc2)c1. The van der Waals surface area contributed by atoms with Gasteiger partial charge >= 0.3 is 6.18 Å². The van der Waals surface area contributed by atoms with Crippen LogP contribution in [0.25, 0.3) is 5.76 Å². The van der Waals surface area contributed by atoms with Crippen LogP contribution in [0.3, 0.4) is 0 Å². The van der Waals surface area contributed by atoms with Gasteiger partial charge < -0.3 is 14.6 Å². The number of hydrogen-bond donors (Lipinski definition) is 1. The van der Waals surface area contributed by atoms with Gasteiger partial charge in [0.05, 0.1) is 30.4 Å². The number of benzene rings is 3. The zero-order valence-electron chi connectivity index (χ0n) is 21.2. The number of anilines is 1. The smallest absolute Gasteiger partial charge is 0.416 e. The predicted octanol–water partition coefficient (Wildman–Crippen LogP) is 6.44. The molecule has 0 radical (unpaired) electrons. The molecule has 0 bridgehead atoms. The van der Waals surface area contributed by atoms with Crippen molar-refractivity contribution in [3.8, 4) is 11.5 Å². The first-order valence-corrected chi connectivity index (χ1v) is 11.8. The van der Waals surface area contributed by atoms with E-state index in [-0.39, 0.29) is 22.9 Å². The summed E-state index contributed by atoms with van der Waals surface area (Å²) in [6.07, 6.45) is -4.64. The number of rotatable bonds is 6. The Bertz CT molecular complexity index is 1410. The van der Waals surface area contributed by atoms with Gasteiger partial charge in [-0.05, 0) is 86.5 Å². The van der Waals surface area contributed by atoms with E-state index in [1.165, 1.54) is 7.11 Å². The molecule has 6 nitrogen and oxygen atoms in total. The number of carbonyl (C=O) groups is 2. The van der Waals surface area contributed by atoms with E-state index in [0.717, 1.165) is 29.2 Å². The molecule has 1 saturated heterocycles. The number of carbonyl (C=O) groups excluding carboxylic acids is 2. The number of amides is 1. The minimum atomic E-state index is -4.57. The molecule has 1 unspecified atom stereocenters. The van der Waals surface area contributed by atoms with Gasteiger partial charge in [-0.1, -0.05) is 12.1 Å².